The molecule has 1 aliphatic heterocycles. The van der Waals surface area contributed by atoms with E-state index in [1.165, 1.54) is 12.0 Å². The molecule has 4 nitrogen and oxygen atoms in total. The van der Waals surface area contributed by atoms with Crippen molar-refractivity contribution in [2.24, 2.45) is 0 Å². The third-order valence-corrected chi connectivity index (χ3v) is 3.53. The number of hydrogen-bond donors (Lipinski definition) is 0. The standard InChI is InChI=1S/C13H13Cl2NO3/c1-19-13(18)11-3-2-4-16(11)12(17)8-5-9(14)7-10(15)6-8/h5-7,11H,2-4H2,1H3. The van der Waals surface area contributed by atoms with E-state index in [2.05, 4.69) is 0 Å². The fraction of sp³-hybridized carbons (Fsp3) is 0.385. The van der Waals surface area contributed by atoms with Gasteiger partial charge in [-0.2, -0.15) is 0 Å². The van der Waals surface area contributed by atoms with Crippen LogP contribution in [0.25, 0.3) is 0 Å². The lowest BCUT2D eigenvalue weighted by atomic mass is 10.1. The maximum Gasteiger partial charge on any atom is 0.328 e. The van der Waals surface area contributed by atoms with E-state index in [0.29, 0.717) is 28.6 Å². The molecule has 0 bridgehead atoms. The maximum atomic E-state index is 12.4. The Hall–Kier alpha value is -1.26. The Morgan fingerprint density at radius 2 is 1.89 bits per heavy atom. The second-order valence-corrected chi connectivity index (χ2v) is 5.21. The zero-order valence-electron chi connectivity index (χ0n) is 10.4. The van der Waals surface area contributed by atoms with Crippen molar-refractivity contribution in [3.05, 3.63) is 33.8 Å². The van der Waals surface area contributed by atoms with Gasteiger partial charge in [-0.15, -0.1) is 0 Å². The quantitative estimate of drug-likeness (QED) is 0.789. The molecule has 6 heteroatoms. The molecule has 1 aromatic rings. The number of halogens is 2. The summed E-state index contributed by atoms with van der Waals surface area (Å²) in [5.41, 5.74) is 0.383. The van der Waals surface area contributed by atoms with Crippen molar-refractivity contribution in [3.63, 3.8) is 0 Å². The van der Waals surface area contributed by atoms with Gasteiger partial charge in [0.1, 0.15) is 6.04 Å². The topological polar surface area (TPSA) is 46.6 Å². The molecule has 0 spiro atoms. The Kier molecular flexibility index (Phi) is 4.32. The fourth-order valence-electron chi connectivity index (χ4n) is 2.23. The van der Waals surface area contributed by atoms with Crippen molar-refractivity contribution in [3.8, 4) is 0 Å². The van der Waals surface area contributed by atoms with Crippen LogP contribution >= 0.6 is 23.2 Å². The highest BCUT2D eigenvalue weighted by Crippen LogP contribution is 2.24. The molecule has 0 N–H and O–H groups in total. The summed E-state index contributed by atoms with van der Waals surface area (Å²) in [5, 5.41) is 0.786. The lowest BCUT2D eigenvalue weighted by Gasteiger charge is -2.22. The van der Waals surface area contributed by atoms with E-state index in [0.717, 1.165) is 6.42 Å². The molecule has 1 aromatic carbocycles. The van der Waals surface area contributed by atoms with Gasteiger partial charge in [-0.05, 0) is 31.0 Å². The molecule has 0 aromatic heterocycles. The smallest absolute Gasteiger partial charge is 0.328 e. The van der Waals surface area contributed by atoms with Gasteiger partial charge in [0, 0.05) is 22.2 Å². The van der Waals surface area contributed by atoms with Crippen LogP contribution < -0.4 is 0 Å². The average molecular weight is 302 g/mol. The summed E-state index contributed by atoms with van der Waals surface area (Å²) in [6, 6.07) is 4.13. The molecule has 0 radical (unpaired) electrons. The van der Waals surface area contributed by atoms with Gasteiger partial charge >= 0.3 is 5.97 Å². The summed E-state index contributed by atoms with van der Waals surface area (Å²) >= 11 is 11.8. The lowest BCUT2D eigenvalue weighted by molar-refractivity contribution is -0.145. The molecule has 19 heavy (non-hydrogen) atoms. The highest BCUT2D eigenvalue weighted by molar-refractivity contribution is 6.35. The van der Waals surface area contributed by atoms with Gasteiger partial charge in [0.25, 0.3) is 5.91 Å². The van der Waals surface area contributed by atoms with Crippen LogP contribution in [0.2, 0.25) is 10.0 Å². The van der Waals surface area contributed by atoms with Gasteiger partial charge in [-0.25, -0.2) is 4.79 Å². The number of carbonyl (C=O) groups excluding carboxylic acids is 2. The molecular weight excluding hydrogens is 289 g/mol. The minimum atomic E-state index is -0.518. The van der Waals surface area contributed by atoms with Gasteiger partial charge in [-0.3, -0.25) is 4.79 Å². The highest BCUT2D eigenvalue weighted by Gasteiger charge is 2.35. The maximum absolute atomic E-state index is 12.4. The largest absolute Gasteiger partial charge is 0.467 e. The number of esters is 1. The minimum absolute atomic E-state index is 0.252. The molecule has 1 unspecified atom stereocenters. The van der Waals surface area contributed by atoms with Crippen molar-refractivity contribution in [1.82, 2.24) is 4.90 Å². The van der Waals surface area contributed by atoms with Crippen LogP contribution in [0.15, 0.2) is 18.2 Å². The van der Waals surface area contributed by atoms with Gasteiger partial charge in [0.2, 0.25) is 0 Å². The van der Waals surface area contributed by atoms with Crippen LogP contribution in [0.5, 0.6) is 0 Å². The van der Waals surface area contributed by atoms with Crippen molar-refractivity contribution in [2.75, 3.05) is 13.7 Å². The summed E-state index contributed by atoms with van der Waals surface area (Å²) in [6.07, 6.45) is 1.40. The fourth-order valence-corrected chi connectivity index (χ4v) is 2.76. The summed E-state index contributed by atoms with van der Waals surface area (Å²) in [7, 11) is 1.32. The van der Waals surface area contributed by atoms with Gasteiger partial charge < -0.3 is 9.64 Å². The Morgan fingerprint density at radius 1 is 1.26 bits per heavy atom. The number of ether oxygens (including phenoxy) is 1. The molecule has 1 saturated heterocycles. The van der Waals surface area contributed by atoms with E-state index >= 15 is 0 Å². The van der Waals surface area contributed by atoms with E-state index in [1.54, 1.807) is 18.2 Å². The number of methoxy groups -OCH3 is 1. The monoisotopic (exact) mass is 301 g/mol. The molecule has 1 aliphatic rings. The molecule has 1 atom stereocenters. The predicted octanol–water partition coefficient (Wildman–Crippen LogP) is 2.77. The van der Waals surface area contributed by atoms with E-state index < -0.39 is 6.04 Å². The number of carbonyl (C=O) groups is 2. The van der Waals surface area contributed by atoms with Crippen molar-refractivity contribution in [2.45, 2.75) is 18.9 Å². The Morgan fingerprint density at radius 3 is 2.47 bits per heavy atom. The zero-order chi connectivity index (χ0) is 14.0. The van der Waals surface area contributed by atoms with E-state index in [9.17, 15) is 9.59 Å². The number of rotatable bonds is 2. The van der Waals surface area contributed by atoms with Gasteiger partial charge in [0.15, 0.2) is 0 Å². The summed E-state index contributed by atoms with van der Waals surface area (Å²) in [4.78, 5) is 25.5. The molecule has 0 saturated carbocycles. The third kappa shape index (κ3) is 3.01. The second kappa shape index (κ2) is 5.80. The first-order valence-electron chi connectivity index (χ1n) is 5.88. The molecule has 0 aliphatic carbocycles. The molecule has 2 rings (SSSR count). The average Bonchev–Trinajstić information content (AvgIpc) is 2.84. The molecule has 102 valence electrons. The number of hydrogen-bond acceptors (Lipinski definition) is 3. The molecular formula is C13H13Cl2NO3. The van der Waals surface area contributed by atoms with Crippen LogP contribution in [-0.4, -0.2) is 36.5 Å². The van der Waals surface area contributed by atoms with Crippen molar-refractivity contribution in [1.29, 1.82) is 0 Å². The van der Waals surface area contributed by atoms with E-state index in [1.807, 2.05) is 0 Å². The first-order valence-corrected chi connectivity index (χ1v) is 6.63. The van der Waals surface area contributed by atoms with E-state index in [4.69, 9.17) is 27.9 Å². The lowest BCUT2D eigenvalue weighted by Crippen LogP contribution is -2.41. The predicted molar refractivity (Wildman–Crippen MR) is 72.5 cm³/mol. The molecule has 1 heterocycles. The highest BCUT2D eigenvalue weighted by atomic mass is 35.5. The van der Waals surface area contributed by atoms with E-state index in [-0.39, 0.29) is 11.9 Å². The van der Waals surface area contributed by atoms with Crippen LogP contribution in [0.4, 0.5) is 0 Å². The normalized spacial score (nSPS) is 18.5. The summed E-state index contributed by atoms with van der Waals surface area (Å²) in [6.45, 7) is 0.530. The van der Waals surface area contributed by atoms with Gasteiger partial charge in [0.05, 0.1) is 7.11 Å². The molecule has 1 amide bonds. The zero-order valence-corrected chi connectivity index (χ0v) is 11.9. The first-order chi connectivity index (χ1) is 9.02. The number of nitrogens with zero attached hydrogens (tertiary/aromatic N) is 1. The summed E-state index contributed by atoms with van der Waals surface area (Å²) < 4.78 is 4.71. The second-order valence-electron chi connectivity index (χ2n) is 4.34. The van der Waals surface area contributed by atoms with Crippen molar-refractivity contribution >= 4 is 35.1 Å². The minimum Gasteiger partial charge on any atom is -0.467 e. The SMILES string of the molecule is COC(=O)C1CCCN1C(=O)c1cc(Cl)cc(Cl)c1. The van der Waals surface area contributed by atoms with Crippen LogP contribution in [-0.2, 0) is 9.53 Å². The van der Waals surface area contributed by atoms with Crippen LogP contribution in [0.1, 0.15) is 23.2 Å². The van der Waals surface area contributed by atoms with Crippen LogP contribution in [0, 0.1) is 0 Å². The third-order valence-electron chi connectivity index (χ3n) is 3.10. The number of likely N-dealkylation sites (tertiary alicyclic amines) is 1. The molecule has 1 fully saturated rings. The number of amides is 1. The Labute approximate surface area is 121 Å². The van der Waals surface area contributed by atoms with Crippen molar-refractivity contribution < 1.29 is 14.3 Å². The Bertz CT molecular complexity index is 498. The van der Waals surface area contributed by atoms with Gasteiger partial charge in [-0.1, -0.05) is 23.2 Å². The Balaban J connectivity index is 2.25. The van der Waals surface area contributed by atoms with Crippen LogP contribution in [0.3, 0.4) is 0 Å². The number of benzene rings is 1. The summed E-state index contributed by atoms with van der Waals surface area (Å²) in [5.74, 6) is -0.642. The first kappa shape index (κ1) is 14.2.